The minimum absolute atomic E-state index is 0.171. The molecule has 0 bridgehead atoms. The molecule has 3 aliphatic heterocycles. The number of nitrogens with zero attached hydrogens (tertiary/aromatic N) is 5. The lowest BCUT2D eigenvalue weighted by atomic mass is 9.98. The number of halogens is 3. The second kappa shape index (κ2) is 49.3. The second-order valence-electron chi connectivity index (χ2n) is 34.1. The number of H-pyrrole nitrogens is 1. The summed E-state index contributed by atoms with van der Waals surface area (Å²) in [4.78, 5) is 270. The number of aliphatic hydroxyl groups is 2. The zero-order valence-corrected chi connectivity index (χ0v) is 76.2. The topological polar surface area (TPSA) is 595 Å². The standard InChI is InChI=1S/C92H113F3N16O24S/c1-7-8-23-68-91(134)111-45-56(114)40-71(111)87(130)104-65(41-77(121)122)84(127)106-79(48(2)3)92(135)108(5)69(36-49-17-11-9-12-18-49)85(128)101-62(29-31-76(119)120)89(132)110-44-55(113)39-70(110)86(129)103-64(38-53-42-97-60-22-16-15-21-57(53)60)83(126)102-63(34-51-24-26-54(112)27-25-51)82(125)100-61(28-30-75(117)118)81(124)105-67(80(123)98-43-73(96)115)46-136-47-74(116)99-66(35-52-32-58(93)78(95)59(94)33-52)88(131)109(6)72(90(133)107(68)4)37-50-19-13-10-14-20-50/h9-22,24-27,32-33,42,48,55-56,61-72,79,97,112-114H,7-8,23,28-31,34-41,43-47H2,1-6H3,(H2,96,115)(H,98,123)(H,99,116)(H,100,125)(H,101,128)(H,102,126)(H,103,129)(H,104,130)(H,105,124)(H,106,127)(H,117,118)(H,119,120)(H,121,122)/t55-,56-,61+,62+,63+,64+,65+,66+,67+,68+,69+,70+,71-,72+,79+/m1/s1. The number of aromatic hydroxyl groups is 1. The number of likely N-dealkylation sites (N-methyl/N-ethyl adjacent to an activating group) is 3. The molecule has 9 rings (SSSR count). The van der Waals surface area contributed by atoms with E-state index in [9.17, 15) is 78.2 Å². The van der Waals surface area contributed by atoms with Gasteiger partial charge in [-0.25, -0.2) is 13.2 Å². The Morgan fingerprint density at radius 3 is 1.54 bits per heavy atom. The summed E-state index contributed by atoms with van der Waals surface area (Å²) in [5.74, 6) is -30.0. The number of phenols is 1. The molecule has 5 aromatic carbocycles. The predicted octanol–water partition coefficient (Wildman–Crippen LogP) is -0.514. The van der Waals surface area contributed by atoms with Crippen LogP contribution in [0.2, 0.25) is 0 Å². The molecule has 6 aromatic rings. The van der Waals surface area contributed by atoms with Crippen molar-refractivity contribution in [1.82, 2.24) is 77.3 Å². The number of aliphatic carboxylic acids is 3. The minimum atomic E-state index is -2.09. The van der Waals surface area contributed by atoms with E-state index in [4.69, 9.17) is 5.73 Å². The molecule has 15 atom stereocenters. The van der Waals surface area contributed by atoms with Gasteiger partial charge in [-0.1, -0.05) is 125 Å². The Kier molecular flexibility index (Phi) is 38.3. The average Bonchev–Trinajstić information content (AvgIpc) is 1.78. The molecule has 3 saturated heterocycles. The number of benzene rings is 5. The molecule has 18 N–H and O–H groups in total. The highest BCUT2D eigenvalue weighted by Crippen LogP contribution is 2.29. The Hall–Kier alpha value is -14.0. The van der Waals surface area contributed by atoms with Crippen molar-refractivity contribution in [1.29, 1.82) is 0 Å². The molecule has 40 nitrogen and oxygen atoms in total. The fourth-order valence-corrected chi connectivity index (χ4v) is 17.2. The van der Waals surface area contributed by atoms with Crippen LogP contribution in [-0.4, -0.2) is 310 Å². The van der Waals surface area contributed by atoms with Crippen LogP contribution in [0.4, 0.5) is 13.2 Å². The molecule has 4 heterocycles. The molecule has 0 spiro atoms. The van der Waals surface area contributed by atoms with Gasteiger partial charge in [0.15, 0.2) is 17.5 Å². The van der Waals surface area contributed by atoms with Crippen LogP contribution >= 0.6 is 11.8 Å². The Labute approximate surface area is 783 Å². The smallest absolute Gasteiger partial charge is 0.305 e. The van der Waals surface area contributed by atoms with Gasteiger partial charge in [-0.05, 0) is 83.3 Å². The van der Waals surface area contributed by atoms with Gasteiger partial charge in [0, 0.05) is 115 Å². The van der Waals surface area contributed by atoms with Crippen LogP contribution in [0.5, 0.6) is 5.75 Å². The van der Waals surface area contributed by atoms with Crippen LogP contribution in [0.25, 0.3) is 10.9 Å². The molecule has 15 amide bonds. The number of nitrogens with one attached hydrogen (secondary N) is 10. The first-order valence-electron chi connectivity index (χ1n) is 44.0. The van der Waals surface area contributed by atoms with Crippen molar-refractivity contribution in [2.75, 3.05) is 52.3 Å². The number of phenolic OH excluding ortho intramolecular Hbond substituents is 1. The zero-order valence-electron chi connectivity index (χ0n) is 75.4. The number of carbonyl (C=O) groups excluding carboxylic acids is 15. The third kappa shape index (κ3) is 29.2. The number of rotatable bonds is 25. The maximum Gasteiger partial charge on any atom is 0.305 e. The third-order valence-corrected chi connectivity index (χ3v) is 24.7. The first kappa shape index (κ1) is 106. The van der Waals surface area contributed by atoms with Crippen molar-refractivity contribution < 1.29 is 130 Å². The Morgan fingerprint density at radius 2 is 0.978 bits per heavy atom. The Morgan fingerprint density at radius 1 is 0.493 bits per heavy atom. The highest BCUT2D eigenvalue weighted by molar-refractivity contribution is 8.00. The molecule has 44 heteroatoms. The number of carboxylic acid groups (broad SMARTS) is 3. The number of aliphatic hydroxyl groups excluding tert-OH is 2. The summed E-state index contributed by atoms with van der Waals surface area (Å²) in [6.45, 7) is 2.54. The zero-order chi connectivity index (χ0) is 99.6. The van der Waals surface area contributed by atoms with E-state index in [2.05, 4.69) is 52.8 Å². The van der Waals surface area contributed by atoms with E-state index in [-0.39, 0.29) is 37.0 Å². The third-order valence-electron chi connectivity index (χ3n) is 23.7. The van der Waals surface area contributed by atoms with Gasteiger partial charge in [-0.15, -0.1) is 11.8 Å². The molecular formula is C92H113F3N16O24S. The molecule has 0 unspecified atom stereocenters. The average molecular weight is 1920 g/mol. The van der Waals surface area contributed by atoms with E-state index in [0.717, 1.165) is 38.6 Å². The van der Waals surface area contributed by atoms with E-state index < -0.39 is 322 Å². The van der Waals surface area contributed by atoms with Gasteiger partial charge in [-0.3, -0.25) is 86.3 Å². The summed E-state index contributed by atoms with van der Waals surface area (Å²) >= 11 is 0.550. The van der Waals surface area contributed by atoms with Crippen molar-refractivity contribution in [2.24, 2.45) is 11.7 Å². The number of unbranched alkanes of at least 4 members (excludes halogenated alkanes) is 1. The molecule has 0 aliphatic carbocycles. The van der Waals surface area contributed by atoms with Gasteiger partial charge in [0.25, 0.3) is 0 Å². The molecule has 3 aliphatic rings. The highest BCUT2D eigenvalue weighted by Gasteiger charge is 2.48. The highest BCUT2D eigenvalue weighted by atomic mass is 32.2. The van der Waals surface area contributed by atoms with Crippen molar-refractivity contribution in [3.63, 3.8) is 0 Å². The number of aromatic amines is 1. The predicted molar refractivity (Wildman–Crippen MR) is 481 cm³/mol. The molecule has 3 fully saturated rings. The van der Waals surface area contributed by atoms with Gasteiger partial charge in [0.05, 0.1) is 30.9 Å². The first-order valence-corrected chi connectivity index (χ1v) is 45.2. The van der Waals surface area contributed by atoms with E-state index in [1.54, 1.807) is 91.9 Å². The van der Waals surface area contributed by atoms with Crippen LogP contribution in [0.3, 0.4) is 0 Å². The molecule has 732 valence electrons. The normalized spacial score (nSPS) is 24.3. The maximum absolute atomic E-state index is 15.7. The lowest BCUT2D eigenvalue weighted by molar-refractivity contribution is -0.152. The van der Waals surface area contributed by atoms with Crippen LogP contribution < -0.4 is 53.6 Å². The maximum atomic E-state index is 15.7. The number of aromatic nitrogens is 1. The quantitative estimate of drug-likeness (QED) is 0.0321. The van der Waals surface area contributed by atoms with E-state index in [0.29, 0.717) is 57.9 Å². The Bertz CT molecular complexity index is 5350. The van der Waals surface area contributed by atoms with Crippen LogP contribution in [0.1, 0.15) is 113 Å². The minimum Gasteiger partial charge on any atom is -0.508 e. The SMILES string of the molecule is CCCC[C@H]1C(=O)N2C[C@H](O)C[C@@H]2C(=O)N[C@@H](CC(=O)O)C(=O)N[C@@H](C(C)C)C(=O)N(C)[C@@H](Cc2ccccc2)C(=O)N[C@@H](CCC(=O)O)C(=O)N2C[C@H](O)C[C@H]2C(=O)N[C@@H](Cc2c[nH]c3ccccc23)C(=O)N[C@@H](Cc2ccc(O)cc2)C(=O)N[C@@H](CCC(=O)O)C(=O)N[C@H](C(=O)NCC(N)=O)CSCC(=O)N[C@@H](Cc2cc(F)c(F)c(F)c2)C(=O)N(C)[C@@H](Cc2ccccc2)C(=O)N1C. The number of hydrogen-bond donors (Lipinski definition) is 17. The van der Waals surface area contributed by atoms with E-state index in [1.807, 2.05) is 0 Å². The first-order chi connectivity index (χ1) is 64.5. The number of carbonyl (C=O) groups is 18. The van der Waals surface area contributed by atoms with Crippen LogP contribution in [0, 0.1) is 23.4 Å². The summed E-state index contributed by atoms with van der Waals surface area (Å²) in [7, 11) is 3.47. The number of hydrogen-bond acceptors (Lipinski definition) is 22. The number of carboxylic acids is 3. The summed E-state index contributed by atoms with van der Waals surface area (Å²) < 4.78 is 45.1. The Balaban J connectivity index is 1.15. The van der Waals surface area contributed by atoms with Crippen molar-refractivity contribution >= 4 is 129 Å². The lowest BCUT2D eigenvalue weighted by Crippen LogP contribution is -2.62. The van der Waals surface area contributed by atoms with E-state index >= 15 is 51.9 Å². The largest absolute Gasteiger partial charge is 0.508 e. The molecule has 136 heavy (non-hydrogen) atoms. The molecule has 0 radical (unpaired) electrons. The number of nitrogens with two attached hydrogens (primary N) is 1. The summed E-state index contributed by atoms with van der Waals surface area (Å²) in [5, 5.41) is 86.5. The fourth-order valence-electron chi connectivity index (χ4n) is 16.3. The van der Waals surface area contributed by atoms with Crippen molar-refractivity contribution in [2.45, 2.75) is 208 Å². The van der Waals surface area contributed by atoms with Gasteiger partial charge < -0.3 is 114 Å². The van der Waals surface area contributed by atoms with Crippen molar-refractivity contribution in [3.8, 4) is 5.75 Å². The van der Waals surface area contributed by atoms with Gasteiger partial charge in [0.2, 0.25) is 88.6 Å². The fraction of sp³-hybridized carbons (Fsp3) is 0.457. The number of amides is 15. The number of fused-ring (bicyclic) bond motifs is 3. The molecule has 0 saturated carbocycles. The molecular weight excluding hydrogens is 1800 g/mol. The summed E-state index contributed by atoms with van der Waals surface area (Å²) in [6.07, 6.45) is -9.16. The van der Waals surface area contributed by atoms with Gasteiger partial charge >= 0.3 is 17.9 Å². The summed E-state index contributed by atoms with van der Waals surface area (Å²) in [5.41, 5.74) is 6.85. The summed E-state index contributed by atoms with van der Waals surface area (Å²) in [6, 6.07) is 5.12. The van der Waals surface area contributed by atoms with E-state index in [1.165, 1.54) is 51.4 Å². The lowest BCUT2D eigenvalue weighted by Gasteiger charge is -2.38. The van der Waals surface area contributed by atoms with Crippen LogP contribution in [-0.2, 0) is 118 Å². The number of para-hydroxylation sites is 1. The van der Waals surface area contributed by atoms with Gasteiger partial charge in [-0.2, -0.15) is 0 Å². The van der Waals surface area contributed by atoms with Crippen molar-refractivity contribution in [3.05, 3.63) is 173 Å². The number of thioether (sulfide) groups is 1. The van der Waals surface area contributed by atoms with Crippen LogP contribution in [0.15, 0.2) is 128 Å². The monoisotopic (exact) mass is 1910 g/mol. The number of primary amides is 1. The van der Waals surface area contributed by atoms with Gasteiger partial charge in [0.1, 0.15) is 84.3 Å². The second-order valence-corrected chi connectivity index (χ2v) is 35.1. The molecule has 1 aromatic heterocycles.